The highest BCUT2D eigenvalue weighted by atomic mass is 16.5. The summed E-state index contributed by atoms with van der Waals surface area (Å²) in [6.07, 6.45) is -3.51. The van der Waals surface area contributed by atoms with E-state index in [1.807, 2.05) is 0 Å². The van der Waals surface area contributed by atoms with Crippen molar-refractivity contribution >= 4 is 5.97 Å². The van der Waals surface area contributed by atoms with Crippen molar-refractivity contribution in [3.05, 3.63) is 0 Å². The lowest BCUT2D eigenvalue weighted by molar-refractivity contribution is -0.139. The molecule has 3 heteroatoms. The minimum Gasteiger partial charge on any atom is -0.480 e. The van der Waals surface area contributed by atoms with E-state index >= 15 is 0 Å². The maximum absolute atomic E-state index is 10.4. The molecule has 1 aliphatic rings. The predicted molar refractivity (Wildman–Crippen MR) is 28.7 cm³/mol. The maximum atomic E-state index is 10.4. The summed E-state index contributed by atoms with van der Waals surface area (Å²) < 4.78 is 28.7. The molecule has 0 spiro atoms. The number of aliphatic carboxylic acids is 1. The molecule has 0 amide bonds. The molecule has 0 bridgehead atoms. The van der Waals surface area contributed by atoms with Gasteiger partial charge in [-0.15, -0.1) is 0 Å². The van der Waals surface area contributed by atoms with Crippen molar-refractivity contribution in [1.29, 1.82) is 0 Å². The highest BCUT2D eigenvalue weighted by Gasteiger charge is 2.20. The fourth-order valence-electron chi connectivity index (χ4n) is 0.473. The van der Waals surface area contributed by atoms with E-state index in [0.29, 0.717) is 0 Å². The largest absolute Gasteiger partial charge is 0.480 e. The number of hydrogen-bond acceptors (Lipinski definition) is 2. The van der Waals surface area contributed by atoms with Gasteiger partial charge in [-0.3, -0.25) is 4.79 Å². The molecule has 0 aromatic carbocycles. The third kappa shape index (κ3) is 0.980. The van der Waals surface area contributed by atoms with E-state index in [2.05, 4.69) is 5.32 Å². The van der Waals surface area contributed by atoms with Crippen LogP contribution in [0.3, 0.4) is 0 Å². The van der Waals surface area contributed by atoms with Gasteiger partial charge < -0.3 is 10.4 Å². The van der Waals surface area contributed by atoms with Crippen LogP contribution in [0.25, 0.3) is 0 Å². The first kappa shape index (κ1) is 2.35. The first-order valence-corrected chi connectivity index (χ1v) is 2.20. The van der Waals surface area contributed by atoms with Crippen LogP contribution in [0.5, 0.6) is 0 Å². The monoisotopic (exact) mass is 124 g/mol. The molecule has 0 aliphatic carbocycles. The lowest BCUT2D eigenvalue weighted by Gasteiger charge is -1.99. The zero-order valence-corrected chi connectivity index (χ0v) is 4.09. The summed E-state index contributed by atoms with van der Waals surface area (Å²) in [6, 6.07) is -1.28. The topological polar surface area (TPSA) is 49.3 Å². The molecule has 1 aliphatic heterocycles. The first-order valence-electron chi connectivity index (χ1n) is 4.36. The molecular formula is C5H9NO2. The van der Waals surface area contributed by atoms with E-state index in [-0.39, 0.29) is 0 Å². The van der Waals surface area contributed by atoms with Crippen LogP contribution >= 0.6 is 0 Å². The van der Waals surface area contributed by atoms with Crippen LogP contribution in [-0.4, -0.2) is 23.6 Å². The Bertz CT molecular complexity index is 210. The van der Waals surface area contributed by atoms with Gasteiger partial charge in [0.25, 0.3) is 0 Å². The van der Waals surface area contributed by atoms with Gasteiger partial charge in [0.2, 0.25) is 0 Å². The molecule has 0 saturated carbocycles. The van der Waals surface area contributed by atoms with Crippen LogP contribution < -0.4 is 5.32 Å². The van der Waals surface area contributed by atoms with Gasteiger partial charge in [0, 0.05) is 5.48 Å². The highest BCUT2D eigenvalue weighted by molar-refractivity contribution is 5.73. The minimum atomic E-state index is -2.09. The van der Waals surface area contributed by atoms with Gasteiger partial charge in [0.15, 0.2) is 0 Å². The van der Waals surface area contributed by atoms with Crippen molar-refractivity contribution in [2.75, 3.05) is 6.52 Å². The highest BCUT2D eigenvalue weighted by Crippen LogP contribution is 2.03. The Morgan fingerprint density at radius 1 is 2.00 bits per heavy atom. The number of carboxylic acids is 1. The van der Waals surface area contributed by atoms with E-state index in [9.17, 15) is 4.79 Å². The minimum absolute atomic E-state index is 1.28. The van der Waals surface area contributed by atoms with E-state index in [4.69, 9.17) is 10.6 Å². The van der Waals surface area contributed by atoms with Crippen molar-refractivity contribution < 1.29 is 15.4 Å². The molecule has 2 N–H and O–H groups in total. The number of rotatable bonds is 1. The molecule has 8 heavy (non-hydrogen) atoms. The van der Waals surface area contributed by atoms with Crippen LogP contribution in [-0.2, 0) is 4.79 Å². The smallest absolute Gasteiger partial charge is 0.320 e. The first-order chi connectivity index (χ1) is 5.37. The number of nitrogens with one attached hydrogen (secondary N) is 1. The van der Waals surface area contributed by atoms with Crippen molar-refractivity contribution in [2.24, 2.45) is 0 Å². The van der Waals surface area contributed by atoms with Crippen LogP contribution in [0, 0.1) is 0 Å². The van der Waals surface area contributed by atoms with Gasteiger partial charge in [-0.05, 0) is 19.3 Å². The molecule has 1 fully saturated rings. The summed E-state index contributed by atoms with van der Waals surface area (Å²) in [5, 5.41) is 10.7. The molecule has 1 saturated heterocycles. The van der Waals surface area contributed by atoms with Crippen molar-refractivity contribution in [2.45, 2.75) is 18.8 Å². The SMILES string of the molecule is [2H][13C@@H]1[13C@@H]([13C](=O)O)[15NH][13C@H]([2H])[12C]1([2H])[2H]. The molecule has 0 unspecified atom stereocenters. The Hall–Kier alpha value is -0.570. The summed E-state index contributed by atoms with van der Waals surface area (Å²) in [5.41, 5.74) is 0. The lowest BCUT2D eigenvalue weighted by Crippen LogP contribution is -2.29. The second kappa shape index (κ2) is 2.13. The van der Waals surface area contributed by atoms with Crippen LogP contribution in [0.1, 0.15) is 18.3 Å². The fraction of sp³-hybridized carbons (Fsp3) is 0.800. The number of carboxylic acid groups (broad SMARTS) is 1. The standard InChI is InChI=1S/C5H9NO2/c7-5(8)4-2-1-3-6-4/h4,6H,1-3H2,(H,7,8)/t4-/m0/s1/i1+0D2,2+1D,3+1D,4+1,5+1,6+1/t2-,3+,4-. The fourth-order valence-corrected chi connectivity index (χ4v) is 0.473. The van der Waals surface area contributed by atoms with Gasteiger partial charge in [0.1, 0.15) is 6.04 Å². The quantitative estimate of drug-likeness (QED) is 0.376. The average Bonchev–Trinajstić information content (AvgIpc) is 2.13. The second-order valence-electron chi connectivity index (χ2n) is 1.46. The normalized spacial score (nSPS) is 60.2. The predicted octanol–water partition coefficient (Wildman–Crippen LogP) is -0.177. The number of hydrogen-bond donors (Lipinski definition) is 2. The summed E-state index contributed by atoms with van der Waals surface area (Å²) >= 11 is 0. The van der Waals surface area contributed by atoms with Crippen LogP contribution in [0.2, 0.25) is 0 Å². The molecule has 0 radical (unpaired) electrons. The molecule has 3 nitrogen and oxygen atoms in total. The van der Waals surface area contributed by atoms with Gasteiger partial charge in [-0.1, -0.05) is 0 Å². The molecule has 46 valence electrons. The van der Waals surface area contributed by atoms with Crippen LogP contribution in [0.4, 0.5) is 0 Å². The molecule has 3 atom stereocenters. The van der Waals surface area contributed by atoms with E-state index in [1.165, 1.54) is 0 Å². The second-order valence-corrected chi connectivity index (χ2v) is 1.46. The summed E-state index contributed by atoms with van der Waals surface area (Å²) in [7, 11) is 0. The van der Waals surface area contributed by atoms with E-state index in [1.54, 1.807) is 0 Å². The van der Waals surface area contributed by atoms with Crippen molar-refractivity contribution in [3.63, 3.8) is 0 Å². The zero-order chi connectivity index (χ0) is 9.52. The Kier molecular flexibility index (Phi) is 0.627. The van der Waals surface area contributed by atoms with Crippen molar-refractivity contribution in [3.8, 4) is 0 Å². The summed E-state index contributed by atoms with van der Waals surface area (Å²) in [4.78, 5) is 10.4. The van der Waals surface area contributed by atoms with Gasteiger partial charge in [0.05, 0.1) is 0 Å². The maximum Gasteiger partial charge on any atom is 0.320 e. The van der Waals surface area contributed by atoms with Crippen LogP contribution in [0.15, 0.2) is 0 Å². The Labute approximate surface area is 53.3 Å². The molecular weight excluding hydrogens is 111 g/mol. The molecule has 0 aromatic heterocycles. The third-order valence-electron chi connectivity index (χ3n) is 0.875. The molecule has 1 heterocycles. The Balaban J connectivity index is 2.83. The van der Waals surface area contributed by atoms with E-state index in [0.717, 1.165) is 0 Å². The summed E-state index contributed by atoms with van der Waals surface area (Å²) in [5.74, 6) is -1.28. The van der Waals surface area contributed by atoms with Crippen molar-refractivity contribution in [1.82, 2.24) is 5.32 Å². The van der Waals surface area contributed by atoms with Gasteiger partial charge >= 0.3 is 5.97 Å². The van der Waals surface area contributed by atoms with Gasteiger partial charge in [-0.25, -0.2) is 0 Å². The lowest BCUT2D eigenvalue weighted by atomic mass is 10.9. The van der Waals surface area contributed by atoms with Gasteiger partial charge in [-0.2, -0.15) is 0 Å². The average molecular weight is 124 g/mol. The Morgan fingerprint density at radius 3 is 3.00 bits per heavy atom. The molecule has 1 rings (SSSR count). The zero-order valence-electron chi connectivity index (χ0n) is 8.09. The number of carbonyl (C=O) groups is 1. The third-order valence-corrected chi connectivity index (χ3v) is 0.875. The molecule has 0 aromatic rings. The van der Waals surface area contributed by atoms with E-state index < -0.39 is 31.3 Å². The Morgan fingerprint density at radius 2 is 2.75 bits per heavy atom. The summed E-state index contributed by atoms with van der Waals surface area (Å²) in [6.45, 7) is -1.33.